The van der Waals surface area contributed by atoms with E-state index < -0.39 is 11.5 Å². The fraction of sp³-hybridized carbons (Fsp3) is 0.867. The molecule has 6 heteroatoms. The number of aliphatic carboxylic acids is 1. The van der Waals surface area contributed by atoms with E-state index in [-0.39, 0.29) is 12.1 Å². The van der Waals surface area contributed by atoms with Crippen molar-refractivity contribution in [3.63, 3.8) is 0 Å². The van der Waals surface area contributed by atoms with Crippen molar-refractivity contribution in [1.29, 1.82) is 0 Å². The molecular formula is C15H26N2O4. The van der Waals surface area contributed by atoms with E-state index in [1.807, 2.05) is 0 Å². The van der Waals surface area contributed by atoms with Crippen molar-refractivity contribution in [1.82, 2.24) is 10.2 Å². The van der Waals surface area contributed by atoms with Crippen molar-refractivity contribution >= 4 is 12.0 Å². The van der Waals surface area contributed by atoms with E-state index in [9.17, 15) is 14.7 Å². The van der Waals surface area contributed by atoms with Gasteiger partial charge in [0, 0.05) is 20.2 Å². The van der Waals surface area contributed by atoms with Gasteiger partial charge >= 0.3 is 12.0 Å². The largest absolute Gasteiger partial charge is 0.480 e. The SMILES string of the molecule is COC1CCN(C(=O)NC2(C(=O)O)CCCCCC2)CC1. The minimum absolute atomic E-state index is 0.209. The first-order valence-electron chi connectivity index (χ1n) is 7.91. The molecule has 1 aliphatic carbocycles. The second-order valence-electron chi connectivity index (χ2n) is 6.15. The Morgan fingerprint density at radius 2 is 1.71 bits per heavy atom. The van der Waals surface area contributed by atoms with Gasteiger partial charge < -0.3 is 20.1 Å². The van der Waals surface area contributed by atoms with Crippen LogP contribution in [0.5, 0.6) is 0 Å². The molecule has 21 heavy (non-hydrogen) atoms. The van der Waals surface area contributed by atoms with Gasteiger partial charge in [-0.3, -0.25) is 0 Å². The lowest BCUT2D eigenvalue weighted by molar-refractivity contribution is -0.145. The normalized spacial score (nSPS) is 23.4. The van der Waals surface area contributed by atoms with Crippen molar-refractivity contribution in [3.05, 3.63) is 0 Å². The van der Waals surface area contributed by atoms with Crippen LogP contribution in [0.3, 0.4) is 0 Å². The molecule has 2 rings (SSSR count). The molecule has 1 aliphatic heterocycles. The fourth-order valence-electron chi connectivity index (χ4n) is 3.30. The van der Waals surface area contributed by atoms with E-state index in [4.69, 9.17) is 4.74 Å². The van der Waals surface area contributed by atoms with Crippen molar-refractivity contribution in [3.8, 4) is 0 Å². The number of amides is 2. The first kappa shape index (κ1) is 16.1. The number of carboxylic acids is 1. The summed E-state index contributed by atoms with van der Waals surface area (Å²) in [5.41, 5.74) is -1.08. The Morgan fingerprint density at radius 3 is 2.19 bits per heavy atom. The lowest BCUT2D eigenvalue weighted by Gasteiger charge is -2.35. The van der Waals surface area contributed by atoms with Gasteiger partial charge in [0.2, 0.25) is 0 Å². The summed E-state index contributed by atoms with van der Waals surface area (Å²) in [7, 11) is 1.69. The average molecular weight is 298 g/mol. The van der Waals surface area contributed by atoms with Gasteiger partial charge in [0.15, 0.2) is 0 Å². The van der Waals surface area contributed by atoms with Crippen molar-refractivity contribution in [2.24, 2.45) is 0 Å². The van der Waals surface area contributed by atoms with E-state index in [0.717, 1.165) is 38.5 Å². The molecule has 0 aromatic rings. The van der Waals surface area contributed by atoms with Crippen LogP contribution in [0.15, 0.2) is 0 Å². The molecule has 0 atom stereocenters. The van der Waals surface area contributed by atoms with Crippen LogP contribution in [-0.2, 0) is 9.53 Å². The van der Waals surface area contributed by atoms with E-state index in [1.54, 1.807) is 12.0 Å². The van der Waals surface area contributed by atoms with Crippen LogP contribution in [0.25, 0.3) is 0 Å². The first-order valence-corrected chi connectivity index (χ1v) is 7.91. The lowest BCUT2D eigenvalue weighted by Crippen LogP contribution is -2.58. The highest BCUT2D eigenvalue weighted by Gasteiger charge is 2.41. The molecular weight excluding hydrogens is 272 g/mol. The number of nitrogens with one attached hydrogen (secondary N) is 1. The summed E-state index contributed by atoms with van der Waals surface area (Å²) in [5, 5.41) is 12.4. The van der Waals surface area contributed by atoms with E-state index >= 15 is 0 Å². The molecule has 2 amide bonds. The number of carbonyl (C=O) groups excluding carboxylic acids is 1. The highest BCUT2D eigenvalue weighted by molar-refractivity contribution is 5.86. The zero-order chi connectivity index (χ0) is 15.3. The molecule has 0 aromatic carbocycles. The number of likely N-dealkylation sites (tertiary alicyclic amines) is 1. The van der Waals surface area contributed by atoms with Gasteiger partial charge in [-0.15, -0.1) is 0 Å². The van der Waals surface area contributed by atoms with Gasteiger partial charge in [-0.2, -0.15) is 0 Å². The molecule has 0 bridgehead atoms. The second kappa shape index (κ2) is 7.11. The summed E-state index contributed by atoms with van der Waals surface area (Å²) in [6, 6.07) is -0.242. The van der Waals surface area contributed by atoms with Crippen molar-refractivity contribution in [2.75, 3.05) is 20.2 Å². The Kier molecular flexibility index (Phi) is 5.45. The molecule has 2 aliphatic rings. The maximum atomic E-state index is 12.4. The molecule has 1 saturated carbocycles. The predicted octanol–water partition coefficient (Wildman–Crippen LogP) is 1.98. The number of ether oxygens (including phenoxy) is 1. The van der Waals surface area contributed by atoms with Crippen LogP contribution in [0.2, 0.25) is 0 Å². The van der Waals surface area contributed by atoms with Gasteiger partial charge in [-0.25, -0.2) is 9.59 Å². The van der Waals surface area contributed by atoms with Gasteiger partial charge in [-0.05, 0) is 25.7 Å². The molecule has 0 unspecified atom stereocenters. The van der Waals surface area contributed by atoms with Crippen LogP contribution in [0.4, 0.5) is 4.79 Å². The number of methoxy groups -OCH3 is 1. The summed E-state index contributed by atoms with van der Waals surface area (Å²) >= 11 is 0. The quantitative estimate of drug-likeness (QED) is 0.781. The zero-order valence-electron chi connectivity index (χ0n) is 12.8. The van der Waals surface area contributed by atoms with Gasteiger partial charge in [0.25, 0.3) is 0 Å². The van der Waals surface area contributed by atoms with E-state index in [2.05, 4.69) is 5.32 Å². The molecule has 2 N–H and O–H groups in total. The molecule has 120 valence electrons. The van der Waals surface area contributed by atoms with E-state index in [1.165, 1.54) is 0 Å². The molecule has 1 saturated heterocycles. The number of carbonyl (C=O) groups is 2. The van der Waals surface area contributed by atoms with Crippen LogP contribution in [0.1, 0.15) is 51.4 Å². The Balaban J connectivity index is 1.97. The first-order chi connectivity index (χ1) is 10.1. The van der Waals surface area contributed by atoms with Crippen LogP contribution in [0, 0.1) is 0 Å². The second-order valence-corrected chi connectivity index (χ2v) is 6.15. The maximum Gasteiger partial charge on any atom is 0.329 e. The van der Waals surface area contributed by atoms with Gasteiger partial charge in [0.1, 0.15) is 5.54 Å². The third-order valence-electron chi connectivity index (χ3n) is 4.78. The van der Waals surface area contributed by atoms with E-state index in [0.29, 0.717) is 25.9 Å². The highest BCUT2D eigenvalue weighted by atomic mass is 16.5. The minimum Gasteiger partial charge on any atom is -0.480 e. The van der Waals surface area contributed by atoms with Crippen LogP contribution in [-0.4, -0.2) is 53.8 Å². The zero-order valence-corrected chi connectivity index (χ0v) is 12.8. The van der Waals surface area contributed by atoms with Gasteiger partial charge in [-0.1, -0.05) is 25.7 Å². The third kappa shape index (κ3) is 3.87. The molecule has 0 aromatic heterocycles. The monoisotopic (exact) mass is 298 g/mol. The Labute approximate surface area is 125 Å². The standard InChI is InChI=1S/C15H26N2O4/c1-21-12-6-10-17(11-7-12)14(20)16-15(13(18)19)8-4-2-3-5-9-15/h12H,2-11H2,1H3,(H,16,20)(H,18,19). The molecule has 2 fully saturated rings. The summed E-state index contributed by atoms with van der Waals surface area (Å²) in [6.07, 6.45) is 6.70. The van der Waals surface area contributed by atoms with Crippen molar-refractivity contribution < 1.29 is 19.4 Å². The summed E-state index contributed by atoms with van der Waals surface area (Å²) < 4.78 is 5.29. The van der Waals surface area contributed by atoms with Crippen LogP contribution >= 0.6 is 0 Å². The van der Waals surface area contributed by atoms with Crippen LogP contribution < -0.4 is 5.32 Å². The van der Waals surface area contributed by atoms with Crippen molar-refractivity contribution in [2.45, 2.75) is 63.0 Å². The molecule has 6 nitrogen and oxygen atoms in total. The number of piperidine rings is 1. The Hall–Kier alpha value is -1.30. The van der Waals surface area contributed by atoms with Gasteiger partial charge in [0.05, 0.1) is 6.10 Å². The number of carboxylic acid groups (broad SMARTS) is 1. The Bertz CT molecular complexity index is 370. The smallest absolute Gasteiger partial charge is 0.329 e. The average Bonchev–Trinajstić information content (AvgIpc) is 2.74. The predicted molar refractivity (Wildman–Crippen MR) is 78.2 cm³/mol. The fourth-order valence-corrected chi connectivity index (χ4v) is 3.30. The maximum absolute atomic E-state index is 12.4. The Morgan fingerprint density at radius 1 is 1.14 bits per heavy atom. The number of urea groups is 1. The summed E-state index contributed by atoms with van der Waals surface area (Å²) in [6.45, 7) is 1.25. The number of nitrogens with zero attached hydrogens (tertiary/aromatic N) is 1. The topological polar surface area (TPSA) is 78.9 Å². The lowest BCUT2D eigenvalue weighted by atomic mass is 9.90. The minimum atomic E-state index is -1.08. The number of hydrogen-bond donors (Lipinski definition) is 2. The third-order valence-corrected chi connectivity index (χ3v) is 4.78. The molecule has 0 spiro atoms. The molecule has 1 heterocycles. The molecule has 0 radical (unpaired) electrons. The number of rotatable bonds is 3. The summed E-state index contributed by atoms with van der Waals surface area (Å²) in [4.78, 5) is 25.8. The highest BCUT2D eigenvalue weighted by Crippen LogP contribution is 2.28. The number of hydrogen-bond acceptors (Lipinski definition) is 3. The summed E-state index contributed by atoms with van der Waals surface area (Å²) in [5.74, 6) is -0.899.